The minimum absolute atomic E-state index is 0.240. The van der Waals surface area contributed by atoms with Crippen molar-refractivity contribution >= 4 is 35.0 Å². The molecular weight excluding hydrogens is 435 g/mol. The van der Waals surface area contributed by atoms with E-state index in [0.29, 0.717) is 22.3 Å². The maximum atomic E-state index is 13.4. The first kappa shape index (κ1) is 21.4. The molecule has 0 spiro atoms. The Morgan fingerprint density at radius 3 is 2.55 bits per heavy atom. The van der Waals surface area contributed by atoms with Gasteiger partial charge in [-0.1, -0.05) is 47.5 Å². The van der Waals surface area contributed by atoms with Gasteiger partial charge in [-0.3, -0.25) is 14.3 Å². The average molecular weight is 457 g/mol. The number of carbonyl (C=O) groups is 2. The van der Waals surface area contributed by atoms with E-state index in [9.17, 15) is 9.59 Å². The average Bonchev–Trinajstić information content (AvgIpc) is 3.10. The Bertz CT molecular complexity index is 1140. The summed E-state index contributed by atoms with van der Waals surface area (Å²) in [6.07, 6.45) is 0. The lowest BCUT2D eigenvalue weighted by Crippen LogP contribution is -2.63. The van der Waals surface area contributed by atoms with E-state index in [2.05, 4.69) is 10.4 Å². The van der Waals surface area contributed by atoms with Gasteiger partial charge < -0.3 is 10.2 Å². The number of amides is 2. The molecule has 3 aromatic rings. The summed E-state index contributed by atoms with van der Waals surface area (Å²) in [7, 11) is 0. The van der Waals surface area contributed by atoms with Crippen LogP contribution in [0.1, 0.15) is 34.2 Å². The second kappa shape index (κ2) is 8.36. The fourth-order valence-electron chi connectivity index (χ4n) is 3.81. The van der Waals surface area contributed by atoms with Crippen molar-refractivity contribution in [2.24, 2.45) is 0 Å². The first-order valence-electron chi connectivity index (χ1n) is 9.90. The molecule has 1 aliphatic rings. The quantitative estimate of drug-likeness (QED) is 0.624. The second-order valence-electron chi connectivity index (χ2n) is 7.93. The Kier molecular flexibility index (Phi) is 5.77. The van der Waals surface area contributed by atoms with E-state index in [-0.39, 0.29) is 24.9 Å². The van der Waals surface area contributed by atoms with Gasteiger partial charge >= 0.3 is 0 Å². The van der Waals surface area contributed by atoms with Crippen molar-refractivity contribution in [2.75, 3.05) is 0 Å². The Morgan fingerprint density at radius 1 is 1.10 bits per heavy atom. The number of carbonyl (C=O) groups excluding carboxylic acids is 2. The van der Waals surface area contributed by atoms with Crippen molar-refractivity contribution < 1.29 is 9.59 Å². The Balaban J connectivity index is 1.64. The Hall–Kier alpha value is -2.83. The molecule has 2 amide bonds. The van der Waals surface area contributed by atoms with Crippen molar-refractivity contribution in [2.45, 2.75) is 39.0 Å². The van der Waals surface area contributed by atoms with E-state index >= 15 is 0 Å². The number of benzene rings is 2. The lowest BCUT2D eigenvalue weighted by Gasteiger charge is -2.43. The number of aryl methyl sites for hydroxylation is 1. The van der Waals surface area contributed by atoms with E-state index in [1.807, 2.05) is 31.2 Å². The van der Waals surface area contributed by atoms with Crippen LogP contribution in [0.15, 0.2) is 54.6 Å². The van der Waals surface area contributed by atoms with E-state index in [0.717, 1.165) is 16.8 Å². The molecule has 1 atom stereocenters. The second-order valence-corrected chi connectivity index (χ2v) is 8.81. The van der Waals surface area contributed by atoms with E-state index in [1.54, 1.807) is 46.8 Å². The van der Waals surface area contributed by atoms with Gasteiger partial charge in [0, 0.05) is 23.1 Å². The fraction of sp³-hybridized carbons (Fsp3) is 0.261. The maximum absolute atomic E-state index is 13.4. The van der Waals surface area contributed by atoms with Gasteiger partial charge in [-0.2, -0.15) is 5.10 Å². The van der Waals surface area contributed by atoms with Crippen molar-refractivity contribution in [3.8, 4) is 0 Å². The molecule has 0 aliphatic carbocycles. The summed E-state index contributed by atoms with van der Waals surface area (Å²) >= 11 is 12.1. The molecule has 8 heteroatoms. The Morgan fingerprint density at radius 2 is 1.84 bits per heavy atom. The smallest absolute Gasteiger partial charge is 0.273 e. The van der Waals surface area contributed by atoms with Gasteiger partial charge in [0.15, 0.2) is 0 Å². The van der Waals surface area contributed by atoms with E-state index in [1.165, 1.54) is 0 Å². The minimum Gasteiger partial charge on any atom is -0.350 e. The number of halogens is 2. The molecule has 1 aromatic heterocycles. The van der Waals surface area contributed by atoms with Crippen LogP contribution in [0.4, 0.5) is 0 Å². The highest BCUT2D eigenvalue weighted by Crippen LogP contribution is 2.30. The predicted octanol–water partition coefficient (Wildman–Crippen LogP) is 4.23. The highest BCUT2D eigenvalue weighted by atomic mass is 35.5. The van der Waals surface area contributed by atoms with Crippen molar-refractivity contribution in [3.05, 3.63) is 87.2 Å². The molecule has 0 bridgehead atoms. The zero-order chi connectivity index (χ0) is 22.2. The highest BCUT2D eigenvalue weighted by Gasteiger charge is 2.47. The standard InChI is InChI=1S/C23H22Cl2N4O2/c1-15-10-20-21(30)28(13-17-4-3-5-19(25)11-17)23(2,14-29(20)27-15)22(31)26-12-16-6-8-18(24)9-7-16/h3-11H,12-14H2,1-2H3,(H,26,31). The van der Waals surface area contributed by atoms with Crippen LogP contribution in [0, 0.1) is 6.92 Å². The van der Waals surface area contributed by atoms with Gasteiger partial charge in [-0.25, -0.2) is 0 Å². The molecule has 2 aromatic carbocycles. The molecule has 1 N–H and O–H groups in total. The molecule has 31 heavy (non-hydrogen) atoms. The number of hydrogen-bond acceptors (Lipinski definition) is 3. The first-order valence-corrected chi connectivity index (χ1v) is 10.7. The van der Waals surface area contributed by atoms with Gasteiger partial charge in [0.1, 0.15) is 11.2 Å². The number of hydrogen-bond donors (Lipinski definition) is 1. The third kappa shape index (κ3) is 4.31. The third-order valence-corrected chi connectivity index (χ3v) is 5.99. The third-order valence-electron chi connectivity index (χ3n) is 5.50. The summed E-state index contributed by atoms with van der Waals surface area (Å²) in [6, 6.07) is 16.3. The van der Waals surface area contributed by atoms with Gasteiger partial charge in [0.2, 0.25) is 5.91 Å². The summed E-state index contributed by atoms with van der Waals surface area (Å²) in [5.41, 5.74) is 1.85. The summed E-state index contributed by atoms with van der Waals surface area (Å²) < 4.78 is 1.62. The monoisotopic (exact) mass is 456 g/mol. The van der Waals surface area contributed by atoms with Gasteiger partial charge in [-0.15, -0.1) is 0 Å². The maximum Gasteiger partial charge on any atom is 0.273 e. The van der Waals surface area contributed by atoms with Gasteiger partial charge in [-0.05, 0) is 55.3 Å². The number of nitrogens with zero attached hydrogens (tertiary/aromatic N) is 3. The first-order chi connectivity index (χ1) is 14.8. The molecule has 160 valence electrons. The number of fused-ring (bicyclic) bond motifs is 1. The van der Waals surface area contributed by atoms with Crippen LogP contribution in [0.5, 0.6) is 0 Å². The zero-order valence-electron chi connectivity index (χ0n) is 17.2. The summed E-state index contributed by atoms with van der Waals surface area (Å²) in [5, 5.41) is 8.60. The number of nitrogens with one attached hydrogen (secondary N) is 1. The molecular formula is C23H22Cl2N4O2. The topological polar surface area (TPSA) is 67.2 Å². The fourth-order valence-corrected chi connectivity index (χ4v) is 4.15. The van der Waals surface area contributed by atoms with Crippen LogP contribution >= 0.6 is 23.2 Å². The van der Waals surface area contributed by atoms with Crippen LogP contribution in [0.3, 0.4) is 0 Å². The van der Waals surface area contributed by atoms with Gasteiger partial charge in [0.05, 0.1) is 12.2 Å². The molecule has 0 radical (unpaired) electrons. The molecule has 0 saturated carbocycles. The summed E-state index contributed by atoms with van der Waals surface area (Å²) in [5.74, 6) is -0.493. The molecule has 2 heterocycles. The van der Waals surface area contributed by atoms with E-state index in [4.69, 9.17) is 23.2 Å². The van der Waals surface area contributed by atoms with Gasteiger partial charge in [0.25, 0.3) is 5.91 Å². The number of aromatic nitrogens is 2. The lowest BCUT2D eigenvalue weighted by molar-refractivity contribution is -0.133. The minimum atomic E-state index is -1.13. The van der Waals surface area contributed by atoms with Crippen LogP contribution < -0.4 is 5.32 Å². The van der Waals surface area contributed by atoms with E-state index < -0.39 is 5.54 Å². The molecule has 1 unspecified atom stereocenters. The van der Waals surface area contributed by atoms with Crippen LogP contribution in [-0.4, -0.2) is 32.0 Å². The van der Waals surface area contributed by atoms with Crippen molar-refractivity contribution in [3.63, 3.8) is 0 Å². The van der Waals surface area contributed by atoms with Crippen molar-refractivity contribution in [1.29, 1.82) is 0 Å². The summed E-state index contributed by atoms with van der Waals surface area (Å²) in [6.45, 7) is 4.45. The Labute approximate surface area is 190 Å². The molecule has 4 rings (SSSR count). The SMILES string of the molecule is Cc1cc2n(n1)CC(C)(C(=O)NCc1ccc(Cl)cc1)N(Cc1cccc(Cl)c1)C2=O. The van der Waals surface area contributed by atoms with Crippen molar-refractivity contribution in [1.82, 2.24) is 20.0 Å². The predicted molar refractivity (Wildman–Crippen MR) is 120 cm³/mol. The molecule has 6 nitrogen and oxygen atoms in total. The molecule has 0 saturated heterocycles. The molecule has 0 fully saturated rings. The lowest BCUT2D eigenvalue weighted by atomic mass is 9.94. The zero-order valence-corrected chi connectivity index (χ0v) is 18.7. The number of rotatable bonds is 5. The summed E-state index contributed by atoms with van der Waals surface area (Å²) in [4.78, 5) is 28.4. The molecule has 1 aliphatic heterocycles. The van der Waals surface area contributed by atoms with Crippen LogP contribution in [-0.2, 0) is 24.4 Å². The largest absolute Gasteiger partial charge is 0.350 e. The van der Waals surface area contributed by atoms with Crippen LogP contribution in [0.25, 0.3) is 0 Å². The highest BCUT2D eigenvalue weighted by molar-refractivity contribution is 6.30. The van der Waals surface area contributed by atoms with Crippen LogP contribution in [0.2, 0.25) is 10.0 Å². The normalized spacial score (nSPS) is 18.1.